The fourth-order valence-electron chi connectivity index (χ4n) is 4.42. The van der Waals surface area contributed by atoms with Crippen molar-refractivity contribution in [2.24, 2.45) is 5.73 Å². The summed E-state index contributed by atoms with van der Waals surface area (Å²) >= 11 is 2.73. The molecule has 0 aromatic carbocycles. The predicted octanol–water partition coefficient (Wildman–Crippen LogP) is 5.31. The number of nitrogens with zero attached hydrogens (tertiary/aromatic N) is 1. The van der Waals surface area contributed by atoms with Gasteiger partial charge >= 0.3 is 6.03 Å². The van der Waals surface area contributed by atoms with Gasteiger partial charge < -0.3 is 16.2 Å². The van der Waals surface area contributed by atoms with E-state index in [0.29, 0.717) is 5.41 Å². The molecule has 160 valence electrons. The highest BCUT2D eigenvalue weighted by Crippen LogP contribution is 2.58. The first-order chi connectivity index (χ1) is 14.2. The predicted molar refractivity (Wildman–Crippen MR) is 122 cm³/mol. The number of pyridine rings is 1. The smallest absolute Gasteiger partial charge is 0.316 e. The van der Waals surface area contributed by atoms with Crippen molar-refractivity contribution in [1.29, 1.82) is 0 Å². The molecule has 0 bridgehead atoms. The number of amides is 2. The highest BCUT2D eigenvalue weighted by Gasteiger charge is 2.51. The molecule has 2 heterocycles. The van der Waals surface area contributed by atoms with Gasteiger partial charge in [-0.25, -0.2) is 4.79 Å². The van der Waals surface area contributed by atoms with Crippen LogP contribution in [0.4, 0.5) is 10.5 Å². The van der Waals surface area contributed by atoms with Crippen molar-refractivity contribution in [2.75, 3.05) is 5.32 Å². The van der Waals surface area contributed by atoms with E-state index in [1.165, 1.54) is 64.5 Å². The molecule has 0 radical (unpaired) electrons. The van der Waals surface area contributed by atoms with Gasteiger partial charge in [0, 0.05) is 11.1 Å². The zero-order chi connectivity index (χ0) is 21.5. The van der Waals surface area contributed by atoms with Crippen molar-refractivity contribution in [3.05, 3.63) is 39.5 Å². The second-order valence-electron chi connectivity index (χ2n) is 8.74. The number of nitrogens with two attached hydrogens (primary N) is 1. The molecule has 3 aliphatic rings. The van der Waals surface area contributed by atoms with Crippen molar-refractivity contribution in [3.63, 3.8) is 0 Å². The fourth-order valence-corrected chi connectivity index (χ4v) is 6.83. The summed E-state index contributed by atoms with van der Waals surface area (Å²) in [6.45, 7) is 3.47. The summed E-state index contributed by atoms with van der Waals surface area (Å²) in [5.74, 6) is 0. The van der Waals surface area contributed by atoms with Crippen LogP contribution in [0.2, 0.25) is 0 Å². The molecule has 0 aliphatic heterocycles. The Kier molecular flexibility index (Phi) is 5.96. The molecule has 3 aliphatic carbocycles. The van der Waals surface area contributed by atoms with Gasteiger partial charge in [0.1, 0.15) is 0 Å². The standard InChI is InChI=1S/C14H17N3O.C7H9O2PS2/c15-13(18)17-11-8-2-1-3-10(8)16-12-9(11)4-5-14(12)6-7-14;1-7(2,8)5-3-6(11-4-5)12-10-9/h1-7H2,(H3,15,16,17,18);3-4,8H,1-2H3. The molecule has 1 saturated carbocycles. The van der Waals surface area contributed by atoms with Gasteiger partial charge in [0.05, 0.1) is 21.2 Å². The van der Waals surface area contributed by atoms with Crippen LogP contribution in [-0.4, -0.2) is 16.1 Å². The van der Waals surface area contributed by atoms with Crippen LogP contribution in [0.15, 0.2) is 15.7 Å². The number of hydrogen-bond donors (Lipinski definition) is 3. The highest BCUT2D eigenvalue weighted by molar-refractivity contribution is 8.46. The number of carbonyl (C=O) groups excluding carboxylic acids is 1. The van der Waals surface area contributed by atoms with Crippen LogP contribution >= 0.6 is 30.4 Å². The Morgan fingerprint density at radius 3 is 2.67 bits per heavy atom. The molecule has 0 atom stereocenters. The third kappa shape index (κ3) is 4.28. The summed E-state index contributed by atoms with van der Waals surface area (Å²) in [5.41, 5.74) is 11.7. The van der Waals surface area contributed by atoms with Crippen LogP contribution in [0.25, 0.3) is 0 Å². The highest BCUT2D eigenvalue weighted by atomic mass is 32.7. The van der Waals surface area contributed by atoms with E-state index >= 15 is 0 Å². The maximum atomic E-state index is 11.2. The minimum Gasteiger partial charge on any atom is -0.386 e. The summed E-state index contributed by atoms with van der Waals surface area (Å²) in [6, 6.07) is 1.41. The number of rotatable bonds is 4. The molecular formula is C21H26N3O3PS2. The van der Waals surface area contributed by atoms with Gasteiger partial charge in [-0.05, 0) is 98.3 Å². The van der Waals surface area contributed by atoms with E-state index in [9.17, 15) is 14.5 Å². The maximum absolute atomic E-state index is 11.2. The molecule has 9 heteroatoms. The number of hydrogen-bond acceptors (Lipinski definition) is 6. The van der Waals surface area contributed by atoms with E-state index in [2.05, 4.69) is 5.32 Å². The number of urea groups is 1. The van der Waals surface area contributed by atoms with Crippen LogP contribution in [-0.2, 0) is 34.8 Å². The summed E-state index contributed by atoms with van der Waals surface area (Å²) in [6.07, 6.45) is 8.00. The lowest BCUT2D eigenvalue weighted by Gasteiger charge is -2.15. The second kappa shape index (κ2) is 8.23. The van der Waals surface area contributed by atoms with Gasteiger partial charge in [0.25, 0.3) is 0 Å². The molecule has 6 nitrogen and oxygen atoms in total. The van der Waals surface area contributed by atoms with Crippen LogP contribution < -0.4 is 11.1 Å². The molecule has 2 aromatic rings. The Balaban J connectivity index is 0.000000159. The zero-order valence-electron chi connectivity index (χ0n) is 17.2. The SMILES string of the molecule is CC(C)(O)c1csc(SP=O)c1.NC(=O)Nc1c2c(nc3c1CCC31CC1)CCC2. The lowest BCUT2D eigenvalue weighted by atomic mass is 10.0. The van der Waals surface area contributed by atoms with Crippen molar-refractivity contribution in [3.8, 4) is 0 Å². The second-order valence-corrected chi connectivity index (χ2v) is 11.7. The number of anilines is 1. The number of aromatic nitrogens is 1. The molecule has 2 amide bonds. The van der Waals surface area contributed by atoms with E-state index < -0.39 is 11.6 Å². The topological polar surface area (TPSA) is 105 Å². The molecule has 1 fully saturated rings. The third-order valence-electron chi connectivity index (χ3n) is 6.19. The van der Waals surface area contributed by atoms with Crippen LogP contribution in [0.3, 0.4) is 0 Å². The van der Waals surface area contributed by atoms with Gasteiger partial charge in [-0.1, -0.05) is 0 Å². The number of fused-ring (bicyclic) bond motifs is 3. The molecule has 0 saturated heterocycles. The number of carbonyl (C=O) groups is 1. The monoisotopic (exact) mass is 463 g/mol. The largest absolute Gasteiger partial charge is 0.386 e. The van der Waals surface area contributed by atoms with E-state index in [4.69, 9.17) is 10.7 Å². The van der Waals surface area contributed by atoms with Crippen molar-refractivity contribution < 1.29 is 14.5 Å². The fraction of sp³-hybridized carbons (Fsp3) is 0.524. The van der Waals surface area contributed by atoms with Crippen LogP contribution in [0.5, 0.6) is 0 Å². The molecule has 30 heavy (non-hydrogen) atoms. The lowest BCUT2D eigenvalue weighted by molar-refractivity contribution is 0.0789. The minimum absolute atomic E-state index is 0.0508. The van der Waals surface area contributed by atoms with Gasteiger partial charge in [-0.2, -0.15) is 0 Å². The summed E-state index contributed by atoms with van der Waals surface area (Å²) in [7, 11) is 0.0508. The number of thiophene rings is 1. The van der Waals surface area contributed by atoms with Gasteiger partial charge in [0.15, 0.2) is 0 Å². The number of nitrogens with one attached hydrogen (secondary N) is 1. The Hall–Kier alpha value is -1.47. The normalized spacial score (nSPS) is 18.0. The van der Waals surface area contributed by atoms with Crippen LogP contribution in [0.1, 0.15) is 67.6 Å². The first-order valence-corrected chi connectivity index (χ1v) is 13.3. The molecule has 2 aromatic heterocycles. The summed E-state index contributed by atoms with van der Waals surface area (Å²) in [5, 5.41) is 14.3. The first kappa shape index (κ1) is 21.8. The zero-order valence-corrected chi connectivity index (χ0v) is 19.7. The molecule has 5 rings (SSSR count). The maximum Gasteiger partial charge on any atom is 0.316 e. The molecular weight excluding hydrogens is 437 g/mol. The van der Waals surface area contributed by atoms with E-state index in [-0.39, 0.29) is 7.66 Å². The van der Waals surface area contributed by atoms with E-state index in [1.54, 1.807) is 13.8 Å². The average Bonchev–Trinajstić information content (AvgIpc) is 3.01. The molecule has 1 spiro atoms. The Morgan fingerprint density at radius 2 is 2.07 bits per heavy atom. The van der Waals surface area contributed by atoms with Gasteiger partial charge in [-0.3, -0.25) is 9.55 Å². The number of primary amides is 1. The quantitative estimate of drug-likeness (QED) is 0.533. The van der Waals surface area contributed by atoms with Crippen molar-refractivity contribution >= 4 is 42.1 Å². The summed E-state index contributed by atoms with van der Waals surface area (Å²) in [4.78, 5) is 16.2. The minimum atomic E-state index is -0.797. The van der Waals surface area contributed by atoms with Gasteiger partial charge in [-0.15, -0.1) is 11.3 Å². The first-order valence-electron chi connectivity index (χ1n) is 10.2. The van der Waals surface area contributed by atoms with E-state index in [0.717, 1.165) is 41.1 Å². The average molecular weight is 464 g/mol. The summed E-state index contributed by atoms with van der Waals surface area (Å²) < 4.78 is 11.2. The Bertz CT molecular complexity index is 996. The Morgan fingerprint density at radius 1 is 1.30 bits per heavy atom. The van der Waals surface area contributed by atoms with E-state index in [1.807, 2.05) is 11.4 Å². The van der Waals surface area contributed by atoms with Crippen molar-refractivity contribution in [1.82, 2.24) is 4.98 Å². The molecule has 4 N–H and O–H groups in total. The number of aliphatic hydroxyl groups is 1. The third-order valence-corrected chi connectivity index (χ3v) is 9.01. The Labute approximate surface area is 186 Å². The van der Waals surface area contributed by atoms with Crippen molar-refractivity contribution in [2.45, 2.75) is 74.0 Å². The molecule has 0 unspecified atom stereocenters. The van der Waals surface area contributed by atoms with Crippen LogP contribution in [0, 0.1) is 0 Å². The van der Waals surface area contributed by atoms with Gasteiger partial charge in [0.2, 0.25) is 7.66 Å². The number of aryl methyl sites for hydroxylation is 1. The lowest BCUT2D eigenvalue weighted by Crippen LogP contribution is -2.22.